The fourth-order valence-corrected chi connectivity index (χ4v) is 2.58. The molecule has 2 aromatic rings. The van der Waals surface area contributed by atoms with Crippen molar-refractivity contribution in [2.75, 3.05) is 23.4 Å². The van der Waals surface area contributed by atoms with E-state index in [9.17, 15) is 4.79 Å². The van der Waals surface area contributed by atoms with Crippen molar-refractivity contribution in [3.05, 3.63) is 34.7 Å². The van der Waals surface area contributed by atoms with E-state index in [0.29, 0.717) is 10.0 Å². The third kappa shape index (κ3) is 3.52. The molecule has 1 amide bonds. The van der Waals surface area contributed by atoms with Gasteiger partial charge in [-0.2, -0.15) is 0 Å². The van der Waals surface area contributed by atoms with Crippen LogP contribution in [-0.4, -0.2) is 17.9 Å². The van der Waals surface area contributed by atoms with E-state index in [0.717, 1.165) is 5.69 Å². The molecule has 0 aliphatic carbocycles. The number of anilines is 3. The van der Waals surface area contributed by atoms with Crippen LogP contribution in [0.4, 0.5) is 16.6 Å². The summed E-state index contributed by atoms with van der Waals surface area (Å²) in [5.41, 5.74) is 7.80. The molecule has 0 saturated carbocycles. The van der Waals surface area contributed by atoms with Crippen LogP contribution in [-0.2, 0) is 5.41 Å². The van der Waals surface area contributed by atoms with Crippen molar-refractivity contribution >= 4 is 33.9 Å². The Balaban J connectivity index is 2.14. The summed E-state index contributed by atoms with van der Waals surface area (Å²) in [5.74, 6) is 0.00294. The number of nitrogen functional groups attached to an aromatic ring is 1. The summed E-state index contributed by atoms with van der Waals surface area (Å²) >= 11 is 1.23. The molecule has 5 nitrogen and oxygen atoms in total. The summed E-state index contributed by atoms with van der Waals surface area (Å²) in [5, 5.41) is 6.34. The van der Waals surface area contributed by atoms with Crippen LogP contribution < -0.4 is 16.4 Å². The first-order valence-electron chi connectivity index (χ1n) is 6.67. The zero-order chi connectivity index (χ0) is 15.6. The minimum atomic E-state index is -0.241. The van der Waals surface area contributed by atoms with Gasteiger partial charge in [0.2, 0.25) is 0 Å². The summed E-state index contributed by atoms with van der Waals surface area (Å²) in [6.45, 7) is 6.45. The summed E-state index contributed by atoms with van der Waals surface area (Å²) in [4.78, 5) is 16.7. The van der Waals surface area contributed by atoms with Crippen LogP contribution in [0.25, 0.3) is 0 Å². The molecule has 0 aliphatic rings. The van der Waals surface area contributed by atoms with Gasteiger partial charge < -0.3 is 16.4 Å². The zero-order valence-corrected chi connectivity index (χ0v) is 13.5. The predicted molar refractivity (Wildman–Crippen MR) is 89.2 cm³/mol. The normalized spacial score (nSPS) is 11.2. The number of aromatic nitrogens is 1. The molecule has 2 rings (SSSR count). The maximum atomic E-state index is 12.2. The van der Waals surface area contributed by atoms with Gasteiger partial charge in [-0.25, -0.2) is 4.98 Å². The number of thiazole rings is 1. The van der Waals surface area contributed by atoms with Crippen LogP contribution in [0.1, 0.15) is 36.0 Å². The van der Waals surface area contributed by atoms with Gasteiger partial charge in [-0.3, -0.25) is 4.79 Å². The highest BCUT2D eigenvalue weighted by Gasteiger charge is 2.17. The van der Waals surface area contributed by atoms with E-state index in [1.54, 1.807) is 7.05 Å². The second-order valence-corrected chi connectivity index (χ2v) is 6.76. The SMILES string of the molecule is CNc1nc(N)c(C(=O)Nc2ccc(C(C)(C)C)cc2)s1. The van der Waals surface area contributed by atoms with Crippen molar-refractivity contribution in [1.29, 1.82) is 0 Å². The monoisotopic (exact) mass is 304 g/mol. The van der Waals surface area contributed by atoms with E-state index in [-0.39, 0.29) is 17.1 Å². The van der Waals surface area contributed by atoms with Gasteiger partial charge in [-0.05, 0) is 23.1 Å². The lowest BCUT2D eigenvalue weighted by molar-refractivity contribution is 0.103. The quantitative estimate of drug-likeness (QED) is 0.812. The van der Waals surface area contributed by atoms with Crippen LogP contribution >= 0.6 is 11.3 Å². The average Bonchev–Trinajstić information content (AvgIpc) is 2.80. The van der Waals surface area contributed by atoms with Gasteiger partial charge >= 0.3 is 0 Å². The van der Waals surface area contributed by atoms with Crippen LogP contribution in [0.15, 0.2) is 24.3 Å². The lowest BCUT2D eigenvalue weighted by atomic mass is 9.87. The van der Waals surface area contributed by atoms with Crippen molar-refractivity contribution < 1.29 is 4.79 Å². The molecule has 0 radical (unpaired) electrons. The summed E-state index contributed by atoms with van der Waals surface area (Å²) in [6, 6.07) is 7.83. The first kappa shape index (κ1) is 15.3. The first-order chi connectivity index (χ1) is 9.81. The van der Waals surface area contributed by atoms with Crippen LogP contribution in [0.3, 0.4) is 0 Å². The minimum Gasteiger partial charge on any atom is -0.382 e. The molecular formula is C15H20N4OS. The molecule has 0 atom stereocenters. The van der Waals surface area contributed by atoms with Gasteiger partial charge in [-0.1, -0.05) is 44.2 Å². The lowest BCUT2D eigenvalue weighted by Crippen LogP contribution is -2.13. The Bertz CT molecular complexity index is 641. The van der Waals surface area contributed by atoms with Crippen LogP contribution in [0.5, 0.6) is 0 Å². The molecule has 1 aromatic heterocycles. The fraction of sp³-hybridized carbons (Fsp3) is 0.333. The van der Waals surface area contributed by atoms with Gasteiger partial charge in [0.25, 0.3) is 5.91 Å². The Labute approximate surface area is 128 Å². The molecule has 0 saturated heterocycles. The molecule has 4 N–H and O–H groups in total. The van der Waals surface area contributed by atoms with Gasteiger partial charge in [0.1, 0.15) is 10.7 Å². The molecule has 6 heteroatoms. The summed E-state index contributed by atoms with van der Waals surface area (Å²) in [7, 11) is 1.74. The first-order valence-corrected chi connectivity index (χ1v) is 7.49. The molecule has 0 aliphatic heterocycles. The van der Waals surface area contributed by atoms with Crippen LogP contribution in [0.2, 0.25) is 0 Å². The zero-order valence-electron chi connectivity index (χ0n) is 12.7. The molecule has 0 unspecified atom stereocenters. The second-order valence-electron chi connectivity index (χ2n) is 5.76. The number of carbonyl (C=O) groups excluding carboxylic acids is 1. The molecule has 0 fully saturated rings. The number of amides is 1. The number of nitrogens with zero attached hydrogens (tertiary/aromatic N) is 1. The van der Waals surface area contributed by atoms with E-state index in [4.69, 9.17) is 5.73 Å². The van der Waals surface area contributed by atoms with E-state index in [2.05, 4.69) is 36.4 Å². The van der Waals surface area contributed by atoms with Crippen molar-refractivity contribution in [3.63, 3.8) is 0 Å². The number of carbonyl (C=O) groups is 1. The summed E-state index contributed by atoms with van der Waals surface area (Å²) < 4.78 is 0. The highest BCUT2D eigenvalue weighted by molar-refractivity contribution is 7.18. The van der Waals surface area contributed by atoms with Crippen LogP contribution in [0, 0.1) is 0 Å². The van der Waals surface area contributed by atoms with Crippen molar-refractivity contribution in [2.45, 2.75) is 26.2 Å². The van der Waals surface area contributed by atoms with E-state index >= 15 is 0 Å². The third-order valence-corrected chi connectivity index (χ3v) is 4.17. The molecule has 0 bridgehead atoms. The number of hydrogen-bond donors (Lipinski definition) is 3. The number of benzene rings is 1. The van der Waals surface area contributed by atoms with Crippen molar-refractivity contribution in [2.24, 2.45) is 0 Å². The molecule has 1 heterocycles. The molecular weight excluding hydrogens is 284 g/mol. The summed E-state index contributed by atoms with van der Waals surface area (Å²) in [6.07, 6.45) is 0. The average molecular weight is 304 g/mol. The number of hydrogen-bond acceptors (Lipinski definition) is 5. The molecule has 112 valence electrons. The Kier molecular flexibility index (Phi) is 4.18. The molecule has 21 heavy (non-hydrogen) atoms. The lowest BCUT2D eigenvalue weighted by Gasteiger charge is -2.19. The number of nitrogens with two attached hydrogens (primary N) is 1. The van der Waals surface area contributed by atoms with E-state index < -0.39 is 0 Å². The smallest absolute Gasteiger partial charge is 0.269 e. The fourth-order valence-electron chi connectivity index (χ4n) is 1.84. The maximum Gasteiger partial charge on any atom is 0.269 e. The standard InChI is InChI=1S/C15H20N4OS/c1-15(2,3)9-5-7-10(8-6-9)18-13(20)11-12(16)19-14(17-4)21-11/h5-8H,16H2,1-4H3,(H,17,19)(H,18,20). The van der Waals surface area contributed by atoms with E-state index in [1.165, 1.54) is 16.9 Å². The van der Waals surface area contributed by atoms with Gasteiger partial charge in [0.15, 0.2) is 5.13 Å². The third-order valence-electron chi connectivity index (χ3n) is 3.08. The van der Waals surface area contributed by atoms with Gasteiger partial charge in [0, 0.05) is 12.7 Å². The Hall–Kier alpha value is -2.08. The second kappa shape index (κ2) is 5.73. The number of rotatable bonds is 3. The minimum absolute atomic E-state index is 0.0896. The van der Waals surface area contributed by atoms with E-state index in [1.807, 2.05) is 24.3 Å². The number of nitrogens with one attached hydrogen (secondary N) is 2. The topological polar surface area (TPSA) is 80.0 Å². The van der Waals surface area contributed by atoms with Gasteiger partial charge in [0.05, 0.1) is 0 Å². The van der Waals surface area contributed by atoms with Gasteiger partial charge in [-0.15, -0.1) is 0 Å². The maximum absolute atomic E-state index is 12.2. The molecule has 1 aromatic carbocycles. The Morgan fingerprint density at radius 1 is 1.24 bits per heavy atom. The Morgan fingerprint density at radius 3 is 2.33 bits per heavy atom. The Morgan fingerprint density at radius 2 is 1.86 bits per heavy atom. The highest BCUT2D eigenvalue weighted by Crippen LogP contribution is 2.26. The van der Waals surface area contributed by atoms with Crippen molar-refractivity contribution in [3.8, 4) is 0 Å². The predicted octanol–water partition coefficient (Wildman–Crippen LogP) is 3.32. The highest BCUT2D eigenvalue weighted by atomic mass is 32.1. The largest absolute Gasteiger partial charge is 0.382 e. The van der Waals surface area contributed by atoms with Crippen molar-refractivity contribution in [1.82, 2.24) is 4.98 Å². The molecule has 0 spiro atoms.